The van der Waals surface area contributed by atoms with Crippen molar-refractivity contribution in [2.75, 3.05) is 44.5 Å². The van der Waals surface area contributed by atoms with Crippen LogP contribution in [0.25, 0.3) is 0 Å². The second-order valence-electron chi connectivity index (χ2n) is 3.53. The van der Waals surface area contributed by atoms with Crippen LogP contribution in [0.15, 0.2) is 6.20 Å². The van der Waals surface area contributed by atoms with Gasteiger partial charge in [0.05, 0.1) is 6.61 Å². The van der Waals surface area contributed by atoms with Gasteiger partial charge in [-0.3, -0.25) is 0 Å². The first-order valence-electron chi connectivity index (χ1n) is 5.20. The standard InChI is InChI=1S/C10H19N5O/c1-15(5-6-16-2)9-8(3-4-11)7-13-10(12)14-9/h7H,3-6,11H2,1-2H3,(H2,12,13,14). The first-order chi connectivity index (χ1) is 7.69. The molecule has 6 nitrogen and oxygen atoms in total. The first kappa shape index (κ1) is 12.7. The van der Waals surface area contributed by atoms with Gasteiger partial charge in [0.1, 0.15) is 5.82 Å². The number of likely N-dealkylation sites (N-methyl/N-ethyl adjacent to an activating group) is 1. The molecule has 1 heterocycles. The van der Waals surface area contributed by atoms with E-state index in [0.29, 0.717) is 13.2 Å². The van der Waals surface area contributed by atoms with Crippen molar-refractivity contribution >= 4 is 11.8 Å². The number of hydrogen-bond donors (Lipinski definition) is 2. The molecule has 1 aromatic heterocycles. The molecule has 1 aromatic rings. The Hall–Kier alpha value is -1.40. The lowest BCUT2D eigenvalue weighted by Gasteiger charge is -2.20. The van der Waals surface area contributed by atoms with E-state index in [9.17, 15) is 0 Å². The Morgan fingerprint density at radius 3 is 2.88 bits per heavy atom. The van der Waals surface area contributed by atoms with Crippen molar-refractivity contribution in [3.05, 3.63) is 11.8 Å². The van der Waals surface area contributed by atoms with E-state index < -0.39 is 0 Å². The Balaban J connectivity index is 2.85. The molecule has 0 aliphatic carbocycles. The van der Waals surface area contributed by atoms with Gasteiger partial charge in [0, 0.05) is 32.5 Å². The molecule has 6 heteroatoms. The maximum atomic E-state index is 5.58. The van der Waals surface area contributed by atoms with Crippen LogP contribution < -0.4 is 16.4 Å². The SMILES string of the molecule is COCCN(C)c1nc(N)ncc1CCN. The summed E-state index contributed by atoms with van der Waals surface area (Å²) in [4.78, 5) is 10.2. The minimum absolute atomic E-state index is 0.278. The van der Waals surface area contributed by atoms with E-state index in [-0.39, 0.29) is 5.95 Å². The number of hydrogen-bond acceptors (Lipinski definition) is 6. The molecule has 0 aliphatic rings. The number of anilines is 2. The molecule has 0 radical (unpaired) electrons. The van der Waals surface area contributed by atoms with Crippen LogP contribution in [0.3, 0.4) is 0 Å². The number of nitrogen functional groups attached to an aromatic ring is 1. The zero-order valence-electron chi connectivity index (χ0n) is 9.81. The fourth-order valence-electron chi connectivity index (χ4n) is 1.41. The molecular weight excluding hydrogens is 206 g/mol. The van der Waals surface area contributed by atoms with Crippen molar-refractivity contribution in [1.29, 1.82) is 0 Å². The molecule has 0 fully saturated rings. The summed E-state index contributed by atoms with van der Waals surface area (Å²) in [5.41, 5.74) is 12.1. The fraction of sp³-hybridized carbons (Fsp3) is 0.600. The zero-order chi connectivity index (χ0) is 12.0. The quantitative estimate of drug-likeness (QED) is 0.687. The molecule has 0 amide bonds. The third-order valence-electron chi connectivity index (χ3n) is 2.27. The molecule has 0 aliphatic heterocycles. The van der Waals surface area contributed by atoms with Gasteiger partial charge < -0.3 is 21.1 Å². The Labute approximate surface area is 95.6 Å². The summed E-state index contributed by atoms with van der Waals surface area (Å²) in [6.45, 7) is 1.96. The molecule has 90 valence electrons. The Bertz CT molecular complexity index is 331. The van der Waals surface area contributed by atoms with Crippen molar-refractivity contribution in [3.8, 4) is 0 Å². The molecular formula is C10H19N5O. The normalized spacial score (nSPS) is 10.4. The van der Waals surface area contributed by atoms with Crippen LogP contribution in [-0.4, -0.2) is 43.8 Å². The topological polar surface area (TPSA) is 90.3 Å². The Morgan fingerprint density at radius 1 is 1.50 bits per heavy atom. The van der Waals surface area contributed by atoms with E-state index in [1.165, 1.54) is 0 Å². The molecule has 4 N–H and O–H groups in total. The van der Waals surface area contributed by atoms with Gasteiger partial charge in [0.2, 0.25) is 5.95 Å². The molecule has 0 spiro atoms. The third kappa shape index (κ3) is 3.32. The van der Waals surface area contributed by atoms with Gasteiger partial charge in [-0.15, -0.1) is 0 Å². The lowest BCUT2D eigenvalue weighted by molar-refractivity contribution is 0.206. The van der Waals surface area contributed by atoms with Crippen molar-refractivity contribution in [1.82, 2.24) is 9.97 Å². The van der Waals surface area contributed by atoms with Gasteiger partial charge in [-0.1, -0.05) is 0 Å². The average Bonchev–Trinajstić information content (AvgIpc) is 2.28. The number of nitrogens with two attached hydrogens (primary N) is 2. The highest BCUT2D eigenvalue weighted by Gasteiger charge is 2.09. The van der Waals surface area contributed by atoms with E-state index in [2.05, 4.69) is 9.97 Å². The average molecular weight is 225 g/mol. The number of aromatic nitrogens is 2. The van der Waals surface area contributed by atoms with Crippen LogP contribution in [0.2, 0.25) is 0 Å². The summed E-state index contributed by atoms with van der Waals surface area (Å²) in [5, 5.41) is 0. The predicted molar refractivity (Wildman–Crippen MR) is 64.3 cm³/mol. The molecule has 0 unspecified atom stereocenters. The number of nitrogens with zero attached hydrogens (tertiary/aromatic N) is 3. The first-order valence-corrected chi connectivity index (χ1v) is 5.20. The molecule has 0 saturated carbocycles. The van der Waals surface area contributed by atoms with E-state index >= 15 is 0 Å². The highest BCUT2D eigenvalue weighted by Crippen LogP contribution is 2.16. The maximum absolute atomic E-state index is 5.58. The van der Waals surface area contributed by atoms with E-state index in [1.807, 2.05) is 11.9 Å². The van der Waals surface area contributed by atoms with Crippen LogP contribution in [-0.2, 0) is 11.2 Å². The molecule has 0 atom stereocenters. The predicted octanol–water partition coefficient (Wildman–Crippen LogP) is -0.357. The highest BCUT2D eigenvalue weighted by atomic mass is 16.5. The number of ether oxygens (including phenoxy) is 1. The largest absolute Gasteiger partial charge is 0.383 e. The van der Waals surface area contributed by atoms with Crippen LogP contribution in [0.5, 0.6) is 0 Å². The third-order valence-corrected chi connectivity index (χ3v) is 2.27. The number of methoxy groups -OCH3 is 1. The molecule has 0 aromatic carbocycles. The van der Waals surface area contributed by atoms with Crippen LogP contribution in [0, 0.1) is 0 Å². The summed E-state index contributed by atoms with van der Waals surface area (Å²) < 4.78 is 5.02. The van der Waals surface area contributed by atoms with Crippen LogP contribution >= 0.6 is 0 Å². The van der Waals surface area contributed by atoms with Gasteiger partial charge in [-0.05, 0) is 13.0 Å². The summed E-state index contributed by atoms with van der Waals surface area (Å²) in [6, 6.07) is 0. The lowest BCUT2D eigenvalue weighted by Crippen LogP contribution is -2.25. The summed E-state index contributed by atoms with van der Waals surface area (Å²) in [7, 11) is 3.61. The van der Waals surface area contributed by atoms with Crippen molar-refractivity contribution in [3.63, 3.8) is 0 Å². The highest BCUT2D eigenvalue weighted by molar-refractivity contribution is 5.48. The lowest BCUT2D eigenvalue weighted by atomic mass is 10.2. The van der Waals surface area contributed by atoms with E-state index in [0.717, 1.165) is 24.3 Å². The minimum atomic E-state index is 0.278. The zero-order valence-corrected chi connectivity index (χ0v) is 9.81. The van der Waals surface area contributed by atoms with Crippen LogP contribution in [0.1, 0.15) is 5.56 Å². The van der Waals surface area contributed by atoms with Gasteiger partial charge in [-0.25, -0.2) is 4.98 Å². The second-order valence-corrected chi connectivity index (χ2v) is 3.53. The molecule has 16 heavy (non-hydrogen) atoms. The van der Waals surface area contributed by atoms with Crippen LogP contribution in [0.4, 0.5) is 11.8 Å². The fourth-order valence-corrected chi connectivity index (χ4v) is 1.41. The second kappa shape index (κ2) is 6.24. The van der Waals surface area contributed by atoms with Crippen molar-refractivity contribution in [2.24, 2.45) is 5.73 Å². The van der Waals surface area contributed by atoms with Gasteiger partial charge in [-0.2, -0.15) is 4.98 Å². The minimum Gasteiger partial charge on any atom is -0.383 e. The van der Waals surface area contributed by atoms with Crippen molar-refractivity contribution < 1.29 is 4.74 Å². The van der Waals surface area contributed by atoms with Gasteiger partial charge in [0.25, 0.3) is 0 Å². The molecule has 1 rings (SSSR count). The Kier molecular flexibility index (Phi) is 4.94. The van der Waals surface area contributed by atoms with E-state index in [4.69, 9.17) is 16.2 Å². The smallest absolute Gasteiger partial charge is 0.221 e. The maximum Gasteiger partial charge on any atom is 0.221 e. The Morgan fingerprint density at radius 2 is 2.25 bits per heavy atom. The summed E-state index contributed by atoms with van der Waals surface area (Å²) in [6.07, 6.45) is 2.47. The van der Waals surface area contributed by atoms with Gasteiger partial charge in [0.15, 0.2) is 0 Å². The molecule has 0 bridgehead atoms. The monoisotopic (exact) mass is 225 g/mol. The summed E-state index contributed by atoms with van der Waals surface area (Å²) >= 11 is 0. The van der Waals surface area contributed by atoms with Gasteiger partial charge >= 0.3 is 0 Å². The van der Waals surface area contributed by atoms with Crippen molar-refractivity contribution in [2.45, 2.75) is 6.42 Å². The van der Waals surface area contributed by atoms with E-state index in [1.54, 1.807) is 13.3 Å². The summed E-state index contributed by atoms with van der Waals surface area (Å²) in [5.74, 6) is 1.11. The molecule has 0 saturated heterocycles. The number of rotatable bonds is 6.